The average Bonchev–Trinajstić information content (AvgIpc) is 2.60. The zero-order valence-electron chi connectivity index (χ0n) is 7.99. The molecule has 1 amide bonds. The van der Waals surface area contributed by atoms with Crippen molar-refractivity contribution >= 4 is 23.5 Å². The first kappa shape index (κ1) is 11.6. The van der Waals surface area contributed by atoms with Crippen LogP contribution >= 0.6 is 11.6 Å². The number of carboxylic acid groups (broad SMARTS) is 1. The summed E-state index contributed by atoms with van der Waals surface area (Å²) in [5.41, 5.74) is 0.136. The highest BCUT2D eigenvalue weighted by molar-refractivity contribution is 6.32. The van der Waals surface area contributed by atoms with Crippen LogP contribution in [-0.4, -0.2) is 23.0 Å². The number of hydrogen-bond acceptors (Lipinski definition) is 3. The van der Waals surface area contributed by atoms with Crippen LogP contribution in [0.15, 0.2) is 16.7 Å². The van der Waals surface area contributed by atoms with Crippen LogP contribution in [-0.2, 0) is 4.79 Å². The zero-order valence-corrected chi connectivity index (χ0v) is 8.75. The van der Waals surface area contributed by atoms with Crippen molar-refractivity contribution < 1.29 is 19.1 Å². The summed E-state index contributed by atoms with van der Waals surface area (Å²) in [6.07, 6.45) is 1.56. The van der Waals surface area contributed by atoms with E-state index in [9.17, 15) is 9.59 Å². The number of nitrogens with one attached hydrogen (secondary N) is 1. The van der Waals surface area contributed by atoms with E-state index in [-0.39, 0.29) is 10.8 Å². The molecular weight excluding hydrogens is 222 g/mol. The van der Waals surface area contributed by atoms with Crippen molar-refractivity contribution in [1.29, 1.82) is 0 Å². The van der Waals surface area contributed by atoms with E-state index in [1.807, 2.05) is 0 Å². The van der Waals surface area contributed by atoms with E-state index < -0.39 is 17.9 Å². The molecule has 0 bridgehead atoms. The molecule has 0 saturated carbocycles. The summed E-state index contributed by atoms with van der Waals surface area (Å²) in [6.45, 7) is 1.66. The molecule has 1 aromatic rings. The second kappa shape index (κ2) is 4.84. The standard InChI is InChI=1S/C9H10ClNO4/c1-2-6(9(13)14)11-8(12)5-3-4-15-7(5)10/h3-4,6H,2H2,1H3,(H,11,12)(H,13,14)/t6-/m1/s1. The van der Waals surface area contributed by atoms with Crippen molar-refractivity contribution in [3.8, 4) is 0 Å². The van der Waals surface area contributed by atoms with E-state index in [0.717, 1.165) is 0 Å². The van der Waals surface area contributed by atoms with Gasteiger partial charge in [0.05, 0.1) is 11.8 Å². The Kier molecular flexibility index (Phi) is 3.74. The van der Waals surface area contributed by atoms with Gasteiger partial charge in [-0.3, -0.25) is 4.79 Å². The molecule has 1 heterocycles. The molecule has 1 atom stereocenters. The van der Waals surface area contributed by atoms with E-state index in [2.05, 4.69) is 5.32 Å². The summed E-state index contributed by atoms with van der Waals surface area (Å²) in [7, 11) is 0. The highest BCUT2D eigenvalue weighted by Crippen LogP contribution is 2.16. The van der Waals surface area contributed by atoms with Gasteiger partial charge in [0, 0.05) is 0 Å². The van der Waals surface area contributed by atoms with Gasteiger partial charge in [0.15, 0.2) is 0 Å². The largest absolute Gasteiger partial charge is 0.480 e. The minimum Gasteiger partial charge on any atom is -0.480 e. The maximum atomic E-state index is 11.5. The second-order valence-electron chi connectivity index (χ2n) is 2.88. The molecule has 0 aliphatic carbocycles. The van der Waals surface area contributed by atoms with Crippen LogP contribution in [0.4, 0.5) is 0 Å². The number of rotatable bonds is 4. The van der Waals surface area contributed by atoms with Crippen molar-refractivity contribution in [1.82, 2.24) is 5.32 Å². The number of halogens is 1. The molecule has 2 N–H and O–H groups in total. The highest BCUT2D eigenvalue weighted by atomic mass is 35.5. The number of aliphatic carboxylic acids is 1. The smallest absolute Gasteiger partial charge is 0.326 e. The Labute approximate surface area is 91.0 Å². The summed E-state index contributed by atoms with van der Waals surface area (Å²) in [6, 6.07) is 0.468. The quantitative estimate of drug-likeness (QED) is 0.824. The van der Waals surface area contributed by atoms with Crippen molar-refractivity contribution in [2.24, 2.45) is 0 Å². The van der Waals surface area contributed by atoms with Gasteiger partial charge in [-0.05, 0) is 24.1 Å². The molecule has 0 aliphatic heterocycles. The first-order chi connectivity index (χ1) is 7.06. The lowest BCUT2D eigenvalue weighted by Crippen LogP contribution is -2.40. The van der Waals surface area contributed by atoms with Crippen LogP contribution in [0.25, 0.3) is 0 Å². The van der Waals surface area contributed by atoms with Gasteiger partial charge >= 0.3 is 5.97 Å². The van der Waals surface area contributed by atoms with Crippen LogP contribution in [0.1, 0.15) is 23.7 Å². The number of furan rings is 1. The summed E-state index contributed by atoms with van der Waals surface area (Å²) in [5, 5.41) is 11.0. The second-order valence-corrected chi connectivity index (χ2v) is 3.22. The van der Waals surface area contributed by atoms with E-state index in [1.165, 1.54) is 12.3 Å². The zero-order chi connectivity index (χ0) is 11.4. The molecule has 82 valence electrons. The van der Waals surface area contributed by atoms with Gasteiger partial charge in [0.2, 0.25) is 5.22 Å². The lowest BCUT2D eigenvalue weighted by Gasteiger charge is -2.10. The van der Waals surface area contributed by atoms with Crippen molar-refractivity contribution in [3.05, 3.63) is 23.1 Å². The molecule has 0 radical (unpaired) electrons. The molecule has 0 fully saturated rings. The predicted octanol–water partition coefficient (Wildman–Crippen LogP) is 1.53. The van der Waals surface area contributed by atoms with Crippen LogP contribution in [0.5, 0.6) is 0 Å². The summed E-state index contributed by atoms with van der Waals surface area (Å²) in [5.74, 6) is -1.63. The Balaban J connectivity index is 2.71. The van der Waals surface area contributed by atoms with Gasteiger partial charge in [-0.25, -0.2) is 4.79 Å². The van der Waals surface area contributed by atoms with Gasteiger partial charge in [-0.1, -0.05) is 6.92 Å². The molecule has 0 unspecified atom stereocenters. The monoisotopic (exact) mass is 231 g/mol. The lowest BCUT2D eigenvalue weighted by atomic mass is 10.2. The van der Waals surface area contributed by atoms with Gasteiger partial charge in [0.1, 0.15) is 6.04 Å². The molecule has 0 saturated heterocycles. The topological polar surface area (TPSA) is 79.5 Å². The van der Waals surface area contributed by atoms with E-state index in [4.69, 9.17) is 21.1 Å². The van der Waals surface area contributed by atoms with Crippen LogP contribution in [0, 0.1) is 0 Å². The third kappa shape index (κ3) is 2.73. The molecule has 0 spiro atoms. The van der Waals surface area contributed by atoms with Crippen molar-refractivity contribution in [2.75, 3.05) is 0 Å². The summed E-state index contributed by atoms with van der Waals surface area (Å²) >= 11 is 5.57. The Bertz CT molecular complexity index is 374. The highest BCUT2D eigenvalue weighted by Gasteiger charge is 2.20. The summed E-state index contributed by atoms with van der Waals surface area (Å²) < 4.78 is 4.72. The molecule has 0 aromatic carbocycles. The molecule has 6 heteroatoms. The Morgan fingerprint density at radius 3 is 2.73 bits per heavy atom. The molecular formula is C9H10ClNO4. The van der Waals surface area contributed by atoms with Gasteiger partial charge in [0.25, 0.3) is 5.91 Å². The van der Waals surface area contributed by atoms with Gasteiger partial charge < -0.3 is 14.8 Å². The normalized spacial score (nSPS) is 12.1. The van der Waals surface area contributed by atoms with Gasteiger partial charge in [-0.15, -0.1) is 0 Å². The van der Waals surface area contributed by atoms with Gasteiger partial charge in [-0.2, -0.15) is 0 Å². The number of carbonyl (C=O) groups excluding carboxylic acids is 1. The molecule has 0 aliphatic rings. The minimum atomic E-state index is -1.08. The first-order valence-electron chi connectivity index (χ1n) is 4.33. The molecule has 1 rings (SSSR count). The Hall–Kier alpha value is -1.49. The fraction of sp³-hybridized carbons (Fsp3) is 0.333. The maximum Gasteiger partial charge on any atom is 0.326 e. The number of amides is 1. The fourth-order valence-electron chi connectivity index (χ4n) is 1.03. The molecule has 15 heavy (non-hydrogen) atoms. The molecule has 1 aromatic heterocycles. The summed E-state index contributed by atoms with van der Waals surface area (Å²) in [4.78, 5) is 22.1. The maximum absolute atomic E-state index is 11.5. The SMILES string of the molecule is CC[C@@H](NC(=O)c1ccoc1Cl)C(=O)O. The first-order valence-corrected chi connectivity index (χ1v) is 4.70. The van der Waals surface area contributed by atoms with E-state index >= 15 is 0 Å². The van der Waals surface area contributed by atoms with Crippen LogP contribution in [0.3, 0.4) is 0 Å². The number of carbonyl (C=O) groups is 2. The number of carboxylic acids is 1. The van der Waals surface area contributed by atoms with Crippen molar-refractivity contribution in [3.63, 3.8) is 0 Å². The third-order valence-electron chi connectivity index (χ3n) is 1.87. The minimum absolute atomic E-state index is 0.0484. The van der Waals surface area contributed by atoms with Crippen molar-refractivity contribution in [2.45, 2.75) is 19.4 Å². The predicted molar refractivity (Wildman–Crippen MR) is 52.9 cm³/mol. The van der Waals surface area contributed by atoms with Crippen LogP contribution < -0.4 is 5.32 Å². The molecule has 5 nitrogen and oxygen atoms in total. The Morgan fingerprint density at radius 1 is 1.67 bits per heavy atom. The van der Waals surface area contributed by atoms with E-state index in [1.54, 1.807) is 6.92 Å². The average molecular weight is 232 g/mol. The van der Waals surface area contributed by atoms with E-state index in [0.29, 0.717) is 6.42 Å². The number of hydrogen-bond donors (Lipinski definition) is 2. The van der Waals surface area contributed by atoms with Crippen LogP contribution in [0.2, 0.25) is 5.22 Å². The Morgan fingerprint density at radius 2 is 2.33 bits per heavy atom. The lowest BCUT2D eigenvalue weighted by molar-refractivity contribution is -0.139. The third-order valence-corrected chi connectivity index (χ3v) is 2.17. The fourth-order valence-corrected chi connectivity index (χ4v) is 1.23.